The van der Waals surface area contributed by atoms with Crippen LogP contribution in [0.15, 0.2) is 16.6 Å². The zero-order valence-corrected chi connectivity index (χ0v) is 13.2. The third-order valence-electron chi connectivity index (χ3n) is 4.81. The molecule has 1 unspecified atom stereocenters. The molecule has 1 N–H and O–H groups in total. The highest BCUT2D eigenvalue weighted by Gasteiger charge is 2.67. The van der Waals surface area contributed by atoms with Gasteiger partial charge in [0, 0.05) is 16.0 Å². The van der Waals surface area contributed by atoms with Crippen molar-refractivity contribution >= 4 is 27.5 Å². The molecule has 1 fully saturated rings. The maximum atomic E-state index is 13.9. The highest BCUT2D eigenvalue weighted by atomic mass is 79.9. The zero-order valence-electron chi connectivity index (χ0n) is 10.9. The fourth-order valence-electron chi connectivity index (χ4n) is 2.98. The molecule has 1 atom stereocenters. The van der Waals surface area contributed by atoms with Crippen molar-refractivity contribution in [1.29, 1.82) is 0 Å². The molecule has 1 nitrogen and oxygen atoms in total. The molecule has 1 aromatic rings. The molecule has 0 radical (unpaired) electrons. The molecule has 0 aromatic heterocycles. The number of benzene rings is 1. The molecule has 0 saturated heterocycles. The quantitative estimate of drug-likeness (QED) is 0.758. The first-order chi connectivity index (χ1) is 8.10. The minimum absolute atomic E-state index is 0.00158. The topological polar surface area (TPSA) is 20.2 Å². The normalized spacial score (nSPS) is 22.9. The molecular weight excluding hydrogens is 319 g/mol. The van der Waals surface area contributed by atoms with Crippen molar-refractivity contribution in [3.05, 3.63) is 33.0 Å². The summed E-state index contributed by atoms with van der Waals surface area (Å²) in [5.74, 6) is -0.381. The maximum absolute atomic E-state index is 13.9. The second-order valence-corrected chi connectivity index (χ2v) is 7.42. The fraction of sp³-hybridized carbons (Fsp3) is 0.571. The summed E-state index contributed by atoms with van der Waals surface area (Å²) in [5, 5.41) is 10.8. The Bertz CT molecular complexity index is 485. The van der Waals surface area contributed by atoms with Crippen molar-refractivity contribution in [2.75, 3.05) is 0 Å². The van der Waals surface area contributed by atoms with Gasteiger partial charge in [-0.3, -0.25) is 0 Å². The Morgan fingerprint density at radius 2 is 1.78 bits per heavy atom. The van der Waals surface area contributed by atoms with Gasteiger partial charge in [0.2, 0.25) is 0 Å². The molecule has 0 heterocycles. The molecule has 18 heavy (non-hydrogen) atoms. The second kappa shape index (κ2) is 4.19. The van der Waals surface area contributed by atoms with E-state index in [2.05, 4.69) is 43.6 Å². The van der Waals surface area contributed by atoms with E-state index in [1.807, 2.05) is 0 Å². The molecule has 1 aromatic carbocycles. The maximum Gasteiger partial charge on any atom is 0.130 e. The highest BCUT2D eigenvalue weighted by Crippen LogP contribution is 2.72. The monoisotopic (exact) mass is 334 g/mol. The van der Waals surface area contributed by atoms with Crippen LogP contribution in [0.3, 0.4) is 0 Å². The van der Waals surface area contributed by atoms with Crippen LogP contribution in [0.2, 0.25) is 5.02 Å². The van der Waals surface area contributed by atoms with Gasteiger partial charge in [-0.05, 0) is 38.9 Å². The molecule has 0 spiro atoms. The Kier molecular flexibility index (Phi) is 3.33. The van der Waals surface area contributed by atoms with E-state index in [0.717, 1.165) is 0 Å². The second-order valence-electron chi connectivity index (χ2n) is 6.15. The van der Waals surface area contributed by atoms with Crippen molar-refractivity contribution < 1.29 is 9.50 Å². The van der Waals surface area contributed by atoms with Crippen molar-refractivity contribution in [3.63, 3.8) is 0 Å². The summed E-state index contributed by atoms with van der Waals surface area (Å²) in [4.78, 5) is 0. The van der Waals surface area contributed by atoms with Gasteiger partial charge in [0.15, 0.2) is 0 Å². The van der Waals surface area contributed by atoms with Gasteiger partial charge < -0.3 is 5.11 Å². The third-order valence-corrected chi connectivity index (χ3v) is 6.00. The number of aliphatic hydroxyl groups excluding tert-OH is 1. The van der Waals surface area contributed by atoms with Crippen LogP contribution in [-0.2, 0) is 0 Å². The lowest BCUT2D eigenvalue weighted by molar-refractivity contribution is 0.126. The first kappa shape index (κ1) is 14.3. The van der Waals surface area contributed by atoms with E-state index < -0.39 is 11.9 Å². The predicted molar refractivity (Wildman–Crippen MR) is 75.1 cm³/mol. The highest BCUT2D eigenvalue weighted by molar-refractivity contribution is 9.10. The lowest BCUT2D eigenvalue weighted by atomic mass is 9.99. The summed E-state index contributed by atoms with van der Waals surface area (Å²) >= 11 is 9.15. The molecule has 2 rings (SSSR count). The van der Waals surface area contributed by atoms with Crippen LogP contribution in [0, 0.1) is 22.6 Å². The third kappa shape index (κ3) is 1.91. The number of hydrogen-bond acceptors (Lipinski definition) is 1. The minimum atomic E-state index is -0.819. The van der Waals surface area contributed by atoms with Crippen LogP contribution in [0.25, 0.3) is 0 Å². The first-order valence-electron chi connectivity index (χ1n) is 5.93. The van der Waals surface area contributed by atoms with E-state index in [9.17, 15) is 9.50 Å². The predicted octanol–water partition coefficient (Wildman–Crippen LogP) is 4.96. The fourth-order valence-corrected chi connectivity index (χ4v) is 3.47. The Morgan fingerprint density at radius 3 is 2.22 bits per heavy atom. The molecular formula is C14H17BrClFO. The molecule has 4 heteroatoms. The standard InChI is InChI=1S/C14H17BrClFO/c1-13(2)12(14(13,3)4)11(18)7-5-9(16)8(15)6-10(7)17/h5-6,11-12,18H,1-4H3. The molecule has 1 aliphatic carbocycles. The van der Waals surface area contributed by atoms with Crippen LogP contribution in [-0.4, -0.2) is 5.11 Å². The molecule has 0 bridgehead atoms. The SMILES string of the molecule is CC1(C)C(C(O)c2cc(Cl)c(Br)cc2F)C1(C)C. The summed E-state index contributed by atoms with van der Waals surface area (Å²) in [6.45, 7) is 8.39. The minimum Gasteiger partial charge on any atom is -0.388 e. The summed E-state index contributed by atoms with van der Waals surface area (Å²) in [6, 6.07) is 2.82. The summed E-state index contributed by atoms with van der Waals surface area (Å²) in [5.41, 5.74) is 0.281. The molecule has 0 aliphatic heterocycles. The average molecular weight is 336 g/mol. The lowest BCUT2D eigenvalue weighted by Crippen LogP contribution is -2.08. The van der Waals surface area contributed by atoms with Gasteiger partial charge in [-0.2, -0.15) is 0 Å². The van der Waals surface area contributed by atoms with Crippen LogP contribution >= 0.6 is 27.5 Å². The van der Waals surface area contributed by atoms with E-state index in [0.29, 0.717) is 9.50 Å². The molecule has 1 saturated carbocycles. The average Bonchev–Trinajstić information content (AvgIpc) is 2.62. The Labute approximate surface area is 120 Å². The van der Waals surface area contributed by atoms with Crippen molar-refractivity contribution in [2.24, 2.45) is 16.7 Å². The smallest absolute Gasteiger partial charge is 0.130 e. The van der Waals surface area contributed by atoms with E-state index in [-0.39, 0.29) is 22.3 Å². The van der Waals surface area contributed by atoms with Gasteiger partial charge in [-0.15, -0.1) is 0 Å². The summed E-state index contributed by atoms with van der Waals surface area (Å²) < 4.78 is 14.4. The first-order valence-corrected chi connectivity index (χ1v) is 7.10. The van der Waals surface area contributed by atoms with Gasteiger partial charge >= 0.3 is 0 Å². The van der Waals surface area contributed by atoms with Crippen molar-refractivity contribution in [1.82, 2.24) is 0 Å². The Hall–Kier alpha value is -0.120. The van der Waals surface area contributed by atoms with Crippen molar-refractivity contribution in [3.8, 4) is 0 Å². The van der Waals surface area contributed by atoms with Gasteiger partial charge in [0.1, 0.15) is 5.82 Å². The van der Waals surface area contributed by atoms with Gasteiger partial charge in [-0.25, -0.2) is 4.39 Å². The number of halogens is 3. The Balaban J connectivity index is 2.37. The lowest BCUT2D eigenvalue weighted by Gasteiger charge is -2.15. The molecule has 1 aliphatic rings. The number of aliphatic hydroxyl groups is 1. The van der Waals surface area contributed by atoms with E-state index in [1.54, 1.807) is 0 Å². The van der Waals surface area contributed by atoms with E-state index in [1.165, 1.54) is 12.1 Å². The van der Waals surface area contributed by atoms with Crippen LogP contribution < -0.4 is 0 Å². The number of hydrogen-bond donors (Lipinski definition) is 1. The van der Waals surface area contributed by atoms with Crippen LogP contribution in [0.1, 0.15) is 39.4 Å². The van der Waals surface area contributed by atoms with Crippen molar-refractivity contribution in [2.45, 2.75) is 33.8 Å². The number of rotatable bonds is 2. The van der Waals surface area contributed by atoms with Gasteiger partial charge in [0.05, 0.1) is 11.1 Å². The summed E-state index contributed by atoms with van der Waals surface area (Å²) in [7, 11) is 0. The van der Waals surface area contributed by atoms with Crippen LogP contribution in [0.5, 0.6) is 0 Å². The molecule has 100 valence electrons. The van der Waals surface area contributed by atoms with Crippen LogP contribution in [0.4, 0.5) is 4.39 Å². The zero-order chi connectivity index (χ0) is 13.9. The molecule has 0 amide bonds. The Morgan fingerprint density at radius 1 is 1.28 bits per heavy atom. The largest absolute Gasteiger partial charge is 0.388 e. The van der Waals surface area contributed by atoms with E-state index in [4.69, 9.17) is 11.6 Å². The summed E-state index contributed by atoms with van der Waals surface area (Å²) in [6.07, 6.45) is -0.819. The van der Waals surface area contributed by atoms with E-state index >= 15 is 0 Å². The van der Waals surface area contributed by atoms with Gasteiger partial charge in [-0.1, -0.05) is 39.3 Å². The van der Waals surface area contributed by atoms with Gasteiger partial charge in [0.25, 0.3) is 0 Å².